The lowest BCUT2D eigenvalue weighted by Crippen LogP contribution is -2.22. The maximum atomic E-state index is 12.0. The van der Waals surface area contributed by atoms with Crippen molar-refractivity contribution >= 4 is 38.6 Å². The molecule has 1 N–H and O–H groups in total. The Bertz CT molecular complexity index is 751. The first-order chi connectivity index (χ1) is 9.29. The van der Waals surface area contributed by atoms with E-state index in [1.165, 1.54) is 0 Å². The van der Waals surface area contributed by atoms with Gasteiger partial charge in [-0.25, -0.2) is 13.1 Å². The minimum Gasteiger partial charge on any atom is -0.361 e. The minimum absolute atomic E-state index is 0.0804. The van der Waals surface area contributed by atoms with Crippen LogP contribution in [0.3, 0.4) is 0 Å². The molecule has 0 aliphatic rings. The summed E-state index contributed by atoms with van der Waals surface area (Å²) in [5.74, 6) is 0.550. The van der Waals surface area contributed by atoms with Gasteiger partial charge in [0.05, 0.1) is 17.2 Å². The maximum absolute atomic E-state index is 12.0. The van der Waals surface area contributed by atoms with Crippen LogP contribution >= 0.6 is 22.9 Å². The van der Waals surface area contributed by atoms with Crippen molar-refractivity contribution in [2.24, 2.45) is 0 Å². The van der Waals surface area contributed by atoms with Gasteiger partial charge in [0.1, 0.15) is 9.97 Å². The number of hydrogen-bond donors (Lipinski definition) is 1. The molecule has 2 heterocycles. The molecule has 0 atom stereocenters. The molecule has 0 unspecified atom stereocenters. The number of nitro groups is 1. The van der Waals surface area contributed by atoms with Crippen LogP contribution < -0.4 is 4.72 Å². The lowest BCUT2D eigenvalue weighted by Gasteiger charge is -2.00. The van der Waals surface area contributed by atoms with Crippen molar-refractivity contribution in [3.63, 3.8) is 0 Å². The van der Waals surface area contributed by atoms with Gasteiger partial charge in [0, 0.05) is 12.1 Å². The summed E-state index contributed by atoms with van der Waals surface area (Å²) in [6.45, 7) is 1.59. The molecule has 20 heavy (non-hydrogen) atoms. The van der Waals surface area contributed by atoms with Gasteiger partial charge in [-0.15, -0.1) is 11.3 Å². The fraction of sp³-hybridized carbons (Fsp3) is 0.222. The van der Waals surface area contributed by atoms with E-state index in [9.17, 15) is 18.5 Å². The van der Waals surface area contributed by atoms with Crippen molar-refractivity contribution in [2.75, 3.05) is 0 Å². The number of hydrogen-bond acceptors (Lipinski definition) is 7. The van der Waals surface area contributed by atoms with Crippen LogP contribution in [-0.4, -0.2) is 18.5 Å². The van der Waals surface area contributed by atoms with Gasteiger partial charge in [-0.1, -0.05) is 16.8 Å². The fourth-order valence-electron chi connectivity index (χ4n) is 1.34. The summed E-state index contributed by atoms with van der Waals surface area (Å²) in [6, 6.07) is 2.50. The summed E-state index contributed by atoms with van der Waals surface area (Å²) in [7, 11) is -3.89. The zero-order chi connectivity index (χ0) is 14.9. The van der Waals surface area contributed by atoms with Gasteiger partial charge in [-0.05, 0) is 6.92 Å². The van der Waals surface area contributed by atoms with Crippen LogP contribution in [0.2, 0.25) is 4.34 Å². The quantitative estimate of drug-likeness (QED) is 0.659. The first kappa shape index (κ1) is 14.9. The van der Waals surface area contributed by atoms with Crippen molar-refractivity contribution < 1.29 is 17.9 Å². The van der Waals surface area contributed by atoms with E-state index < -0.39 is 20.6 Å². The van der Waals surface area contributed by atoms with Crippen molar-refractivity contribution in [3.8, 4) is 0 Å². The van der Waals surface area contributed by atoms with Crippen LogP contribution in [0.5, 0.6) is 0 Å². The average molecular weight is 338 g/mol. The Morgan fingerprint density at radius 3 is 2.75 bits per heavy atom. The molecular formula is C9H8ClN3O5S2. The first-order valence-electron chi connectivity index (χ1n) is 5.15. The molecule has 0 aliphatic carbocycles. The van der Waals surface area contributed by atoms with Crippen molar-refractivity contribution in [1.82, 2.24) is 9.88 Å². The molecule has 0 bridgehead atoms. The lowest BCUT2D eigenvalue weighted by molar-refractivity contribution is -0.384. The Kier molecular flexibility index (Phi) is 4.09. The lowest BCUT2D eigenvalue weighted by atomic mass is 10.4. The van der Waals surface area contributed by atoms with Crippen molar-refractivity contribution in [1.29, 1.82) is 0 Å². The van der Waals surface area contributed by atoms with E-state index in [-0.39, 0.29) is 15.1 Å². The number of thiophene rings is 1. The molecule has 0 aliphatic heterocycles. The third kappa shape index (κ3) is 3.15. The normalized spacial score (nSPS) is 11.7. The molecule has 0 spiro atoms. The predicted octanol–water partition coefficient (Wildman–Crippen LogP) is 2.08. The number of nitrogens with one attached hydrogen (secondary N) is 1. The number of aromatic nitrogens is 1. The summed E-state index contributed by atoms with van der Waals surface area (Å²) in [6.07, 6.45) is 0. The number of halogens is 1. The third-order valence-corrected chi connectivity index (χ3v) is 5.44. The SMILES string of the molecule is Cc1cc(CNS(=O)(=O)c2cc([N+](=O)[O-])c(Cl)s2)no1. The molecule has 0 aromatic carbocycles. The van der Waals surface area contributed by atoms with Gasteiger partial charge < -0.3 is 4.52 Å². The summed E-state index contributed by atoms with van der Waals surface area (Å²) in [5, 5.41) is 14.3. The smallest absolute Gasteiger partial charge is 0.300 e. The summed E-state index contributed by atoms with van der Waals surface area (Å²) in [5.41, 5.74) is -0.0300. The number of nitrogens with zero attached hydrogens (tertiary/aromatic N) is 2. The molecule has 2 rings (SSSR count). The van der Waals surface area contributed by atoms with Gasteiger partial charge in [-0.3, -0.25) is 10.1 Å². The molecule has 0 radical (unpaired) electrons. The van der Waals surface area contributed by atoms with Gasteiger partial charge in [-0.2, -0.15) is 0 Å². The molecule has 2 aromatic rings. The van der Waals surface area contributed by atoms with E-state index in [0.29, 0.717) is 22.8 Å². The third-order valence-electron chi connectivity index (χ3n) is 2.23. The minimum atomic E-state index is -3.89. The number of sulfonamides is 1. The van der Waals surface area contributed by atoms with E-state index in [4.69, 9.17) is 16.1 Å². The predicted molar refractivity (Wildman–Crippen MR) is 71.2 cm³/mol. The number of rotatable bonds is 5. The van der Waals surface area contributed by atoms with Gasteiger partial charge in [0.15, 0.2) is 4.34 Å². The van der Waals surface area contributed by atoms with Crippen LogP contribution in [-0.2, 0) is 16.6 Å². The van der Waals surface area contributed by atoms with Crippen LogP contribution in [0, 0.1) is 17.0 Å². The highest BCUT2D eigenvalue weighted by Crippen LogP contribution is 2.36. The monoisotopic (exact) mass is 337 g/mol. The van der Waals surface area contributed by atoms with E-state index in [1.807, 2.05) is 0 Å². The zero-order valence-electron chi connectivity index (χ0n) is 9.99. The second-order valence-corrected chi connectivity index (χ2v) is 7.38. The van der Waals surface area contributed by atoms with Crippen molar-refractivity contribution in [3.05, 3.63) is 38.0 Å². The van der Waals surface area contributed by atoms with Crippen LogP contribution in [0.15, 0.2) is 20.9 Å². The standard InChI is InChI=1S/C9H8ClN3O5S2/c1-5-2-6(12-18-5)4-11-20(16,17)8-3-7(13(14)15)9(10)19-8/h2-3,11H,4H2,1H3. The summed E-state index contributed by atoms with van der Waals surface area (Å²) in [4.78, 5) is 9.90. The van der Waals surface area contributed by atoms with E-state index in [1.54, 1.807) is 13.0 Å². The Labute approximate surface area is 122 Å². The van der Waals surface area contributed by atoms with Gasteiger partial charge in [0.25, 0.3) is 15.7 Å². The number of aryl methyl sites for hydroxylation is 1. The van der Waals surface area contributed by atoms with Gasteiger partial charge in [0.2, 0.25) is 0 Å². The molecular weight excluding hydrogens is 330 g/mol. The topological polar surface area (TPSA) is 115 Å². The second kappa shape index (κ2) is 5.48. The molecule has 0 amide bonds. The molecule has 8 nitrogen and oxygen atoms in total. The molecule has 0 saturated heterocycles. The second-order valence-electron chi connectivity index (χ2n) is 3.73. The highest BCUT2D eigenvalue weighted by molar-refractivity contribution is 7.91. The zero-order valence-corrected chi connectivity index (χ0v) is 12.4. The van der Waals surface area contributed by atoms with E-state index >= 15 is 0 Å². The maximum Gasteiger partial charge on any atom is 0.300 e. The fourth-order valence-corrected chi connectivity index (χ4v) is 4.04. The van der Waals surface area contributed by atoms with Gasteiger partial charge >= 0.3 is 0 Å². The summed E-state index contributed by atoms with van der Waals surface area (Å²) >= 11 is 6.24. The molecule has 2 aromatic heterocycles. The Hall–Kier alpha value is -1.49. The van der Waals surface area contributed by atoms with E-state index in [2.05, 4.69) is 9.88 Å². The van der Waals surface area contributed by atoms with E-state index in [0.717, 1.165) is 6.07 Å². The molecule has 0 saturated carbocycles. The summed E-state index contributed by atoms with van der Waals surface area (Å²) < 4.78 is 30.6. The Morgan fingerprint density at radius 2 is 2.25 bits per heavy atom. The van der Waals surface area contributed by atoms with Crippen molar-refractivity contribution in [2.45, 2.75) is 17.7 Å². The average Bonchev–Trinajstić information content (AvgIpc) is 2.93. The highest BCUT2D eigenvalue weighted by atomic mass is 35.5. The first-order valence-corrected chi connectivity index (χ1v) is 7.83. The molecule has 11 heteroatoms. The van der Waals surface area contributed by atoms with Crippen LogP contribution in [0.1, 0.15) is 11.5 Å². The Morgan fingerprint density at radius 1 is 1.55 bits per heavy atom. The molecule has 108 valence electrons. The van der Waals surface area contributed by atoms with Crippen LogP contribution in [0.25, 0.3) is 0 Å². The highest BCUT2D eigenvalue weighted by Gasteiger charge is 2.25. The van der Waals surface area contributed by atoms with Crippen LogP contribution in [0.4, 0.5) is 5.69 Å². The Balaban J connectivity index is 2.18. The molecule has 0 fully saturated rings. The largest absolute Gasteiger partial charge is 0.361 e.